The van der Waals surface area contributed by atoms with Crippen LogP contribution in [0.1, 0.15) is 34.1 Å². The van der Waals surface area contributed by atoms with Crippen molar-refractivity contribution in [2.75, 3.05) is 18.1 Å². The van der Waals surface area contributed by atoms with E-state index in [1.54, 1.807) is 17.9 Å². The van der Waals surface area contributed by atoms with E-state index >= 15 is 0 Å². The number of carboxylic acid groups (broad SMARTS) is 1. The second-order valence-corrected chi connectivity index (χ2v) is 11.6. The third-order valence-corrected chi connectivity index (χ3v) is 9.19. The molecule has 2 bridgehead atoms. The molecule has 2 aromatic carbocycles. The van der Waals surface area contributed by atoms with E-state index in [2.05, 4.69) is 6.58 Å². The van der Waals surface area contributed by atoms with Crippen LogP contribution < -0.4 is 4.90 Å². The van der Waals surface area contributed by atoms with Gasteiger partial charge in [0.05, 0.1) is 24.2 Å². The first kappa shape index (κ1) is 26.4. The van der Waals surface area contributed by atoms with E-state index in [1.807, 2.05) is 63.2 Å². The molecule has 2 N–H and O–H groups in total. The van der Waals surface area contributed by atoms with Gasteiger partial charge in [0, 0.05) is 12.2 Å². The fourth-order valence-corrected chi connectivity index (χ4v) is 7.25. The van der Waals surface area contributed by atoms with Crippen molar-refractivity contribution in [3.05, 3.63) is 55.1 Å². The zero-order valence-corrected chi connectivity index (χ0v) is 22.3. The molecule has 0 aliphatic carbocycles. The number of fused-ring (bicyclic) bond motifs is 2. The van der Waals surface area contributed by atoms with Gasteiger partial charge in [0.15, 0.2) is 0 Å². The molecule has 3 aliphatic rings. The lowest BCUT2D eigenvalue weighted by atomic mass is 9.62. The molecule has 3 aliphatic heterocycles. The maximum absolute atomic E-state index is 14.7. The van der Waals surface area contributed by atoms with Crippen LogP contribution in [-0.4, -0.2) is 69.3 Å². The highest BCUT2D eigenvalue weighted by Crippen LogP contribution is 2.65. The number of hydrogen-bond donors (Lipinski definition) is 2. The maximum atomic E-state index is 14.7. The first-order valence-corrected chi connectivity index (χ1v) is 13.3. The van der Waals surface area contributed by atoms with E-state index in [4.69, 9.17) is 4.74 Å². The van der Waals surface area contributed by atoms with Crippen LogP contribution in [0, 0.1) is 23.7 Å². The van der Waals surface area contributed by atoms with Gasteiger partial charge >= 0.3 is 5.97 Å². The summed E-state index contributed by atoms with van der Waals surface area (Å²) in [4.78, 5) is 44.4. The smallest absolute Gasteiger partial charge is 0.310 e. The third-order valence-electron chi connectivity index (χ3n) is 9.19. The lowest BCUT2D eigenvalue weighted by Gasteiger charge is -2.40. The molecular formula is C30H36N2O6. The normalized spacial score (nSPS) is 32.6. The van der Waals surface area contributed by atoms with Crippen LogP contribution in [0.5, 0.6) is 0 Å². The molecule has 8 heteroatoms. The van der Waals surface area contributed by atoms with E-state index < -0.39 is 47.0 Å². The van der Waals surface area contributed by atoms with Crippen LogP contribution in [0.25, 0.3) is 10.8 Å². The summed E-state index contributed by atoms with van der Waals surface area (Å²) in [5, 5.41) is 22.6. The van der Waals surface area contributed by atoms with Crippen molar-refractivity contribution in [1.82, 2.24) is 4.90 Å². The highest BCUT2D eigenvalue weighted by atomic mass is 16.5. The summed E-state index contributed by atoms with van der Waals surface area (Å²) in [5.74, 6) is -4.34. The van der Waals surface area contributed by atoms with Gasteiger partial charge in [0.25, 0.3) is 5.91 Å². The zero-order valence-electron chi connectivity index (χ0n) is 22.3. The highest BCUT2D eigenvalue weighted by molar-refractivity contribution is 6.05. The summed E-state index contributed by atoms with van der Waals surface area (Å²) in [6.07, 6.45) is 2.01. The van der Waals surface area contributed by atoms with Crippen LogP contribution in [0.15, 0.2) is 55.1 Å². The monoisotopic (exact) mass is 520 g/mol. The number of carbonyl (C=O) groups is 3. The average molecular weight is 521 g/mol. The number of rotatable bonds is 8. The lowest BCUT2D eigenvalue weighted by molar-refractivity contribution is -0.158. The Morgan fingerprint density at radius 1 is 1.24 bits per heavy atom. The molecule has 2 aromatic rings. The van der Waals surface area contributed by atoms with Crippen LogP contribution in [0.3, 0.4) is 0 Å². The Morgan fingerprint density at radius 3 is 2.53 bits per heavy atom. The van der Waals surface area contributed by atoms with Crippen LogP contribution in [0.2, 0.25) is 0 Å². The van der Waals surface area contributed by atoms with Crippen molar-refractivity contribution >= 4 is 34.2 Å². The molecule has 1 spiro atoms. The summed E-state index contributed by atoms with van der Waals surface area (Å²) >= 11 is 0. The molecule has 0 aromatic heterocycles. The second-order valence-electron chi connectivity index (χ2n) is 11.6. The van der Waals surface area contributed by atoms with Crippen LogP contribution in [0.4, 0.5) is 5.69 Å². The molecule has 5 rings (SSSR count). The largest absolute Gasteiger partial charge is 0.481 e. The minimum absolute atomic E-state index is 0.170. The number of carboxylic acids is 1. The molecule has 7 atom stereocenters. The molecular weight excluding hydrogens is 484 g/mol. The molecule has 38 heavy (non-hydrogen) atoms. The Bertz CT molecular complexity index is 1310. The van der Waals surface area contributed by atoms with Crippen molar-refractivity contribution in [2.24, 2.45) is 23.7 Å². The predicted octanol–water partition coefficient (Wildman–Crippen LogP) is 3.47. The van der Waals surface area contributed by atoms with Gasteiger partial charge in [-0.15, -0.1) is 6.58 Å². The van der Waals surface area contributed by atoms with Crippen molar-refractivity contribution in [1.29, 1.82) is 0 Å². The molecule has 8 nitrogen and oxygen atoms in total. The van der Waals surface area contributed by atoms with E-state index in [9.17, 15) is 24.6 Å². The van der Waals surface area contributed by atoms with Crippen LogP contribution in [-0.2, 0) is 19.1 Å². The van der Waals surface area contributed by atoms with E-state index in [1.165, 1.54) is 4.90 Å². The Labute approximate surface area is 222 Å². The van der Waals surface area contributed by atoms with Crippen molar-refractivity contribution in [3.8, 4) is 0 Å². The number of amides is 2. The van der Waals surface area contributed by atoms with E-state index in [0.29, 0.717) is 12.1 Å². The molecule has 2 amide bonds. The van der Waals surface area contributed by atoms with Gasteiger partial charge in [0.1, 0.15) is 17.6 Å². The number of aliphatic carboxylic acids is 1. The quantitative estimate of drug-likeness (QED) is 0.516. The van der Waals surface area contributed by atoms with Gasteiger partial charge in [0.2, 0.25) is 5.91 Å². The Hall–Kier alpha value is -3.23. The minimum Gasteiger partial charge on any atom is -0.481 e. The van der Waals surface area contributed by atoms with Gasteiger partial charge in [-0.1, -0.05) is 57.2 Å². The molecule has 3 saturated heterocycles. The maximum Gasteiger partial charge on any atom is 0.310 e. The molecule has 202 valence electrons. The molecule has 3 fully saturated rings. The molecule has 0 radical (unpaired) electrons. The van der Waals surface area contributed by atoms with Gasteiger partial charge in [-0.3, -0.25) is 14.4 Å². The summed E-state index contributed by atoms with van der Waals surface area (Å²) < 4.78 is 6.60. The number of aliphatic hydroxyl groups is 1. The minimum atomic E-state index is -1.30. The van der Waals surface area contributed by atoms with Gasteiger partial charge < -0.3 is 24.7 Å². The highest BCUT2D eigenvalue weighted by Gasteiger charge is 2.80. The zero-order chi connectivity index (χ0) is 27.6. The predicted molar refractivity (Wildman–Crippen MR) is 143 cm³/mol. The number of carbonyl (C=O) groups excluding carboxylic acids is 2. The standard InChI is InChI=1S/C30H36N2O6/c1-6-13-31(21-12-11-19-9-7-8-10-20(19)14-21)27(35)25-30-15-18(4)29(5,38-30)24(28(36)37)23(30)26(34)32(25)22(16-33)17(2)3/h6-12,14,17-18,22-25,33H,1,13,15-16H2,2-5H3,(H,36,37)/t18?,22-,23-,24+,25?,29-,30?/m0/s1. The molecule has 3 unspecified atom stereocenters. The number of likely N-dealkylation sites (tertiary alicyclic amines) is 1. The van der Waals surface area contributed by atoms with Gasteiger partial charge in [-0.05, 0) is 48.1 Å². The Morgan fingerprint density at radius 2 is 1.92 bits per heavy atom. The van der Waals surface area contributed by atoms with Crippen molar-refractivity contribution < 1.29 is 29.3 Å². The third kappa shape index (κ3) is 3.53. The first-order valence-electron chi connectivity index (χ1n) is 13.3. The summed E-state index contributed by atoms with van der Waals surface area (Å²) in [6.45, 7) is 11.1. The van der Waals surface area contributed by atoms with Gasteiger partial charge in [-0.25, -0.2) is 0 Å². The van der Waals surface area contributed by atoms with Crippen LogP contribution >= 0.6 is 0 Å². The summed E-state index contributed by atoms with van der Waals surface area (Å²) in [7, 11) is 0. The summed E-state index contributed by atoms with van der Waals surface area (Å²) in [6, 6.07) is 11.8. The Balaban J connectivity index is 1.67. The Kier molecular flexibility index (Phi) is 6.39. The number of benzene rings is 2. The number of anilines is 1. The summed E-state index contributed by atoms with van der Waals surface area (Å²) in [5.41, 5.74) is -1.73. The molecule has 0 saturated carbocycles. The first-order chi connectivity index (χ1) is 18.0. The number of aliphatic hydroxyl groups excluding tert-OH is 1. The SMILES string of the molecule is C=CCN(C(=O)C1N([C@@H](CO)C(C)C)C(=O)[C@@H]2[C@H](C(=O)O)[C@@]3(C)OC12CC3C)c1ccc2ccccc2c1. The van der Waals surface area contributed by atoms with E-state index in [-0.39, 0.29) is 30.9 Å². The fourth-order valence-electron chi connectivity index (χ4n) is 7.25. The second kappa shape index (κ2) is 9.20. The lowest BCUT2D eigenvalue weighted by Crippen LogP contribution is -2.60. The van der Waals surface area contributed by atoms with E-state index in [0.717, 1.165) is 10.8 Å². The topological polar surface area (TPSA) is 107 Å². The number of hydrogen-bond acceptors (Lipinski definition) is 5. The number of ether oxygens (including phenoxy) is 1. The number of nitrogens with zero attached hydrogens (tertiary/aromatic N) is 2. The fraction of sp³-hybridized carbons (Fsp3) is 0.500. The van der Waals surface area contributed by atoms with Crippen molar-refractivity contribution in [3.63, 3.8) is 0 Å². The van der Waals surface area contributed by atoms with Gasteiger partial charge in [-0.2, -0.15) is 0 Å². The average Bonchev–Trinajstić information content (AvgIpc) is 3.39. The van der Waals surface area contributed by atoms with Crippen molar-refractivity contribution in [2.45, 2.75) is 57.4 Å². The molecule has 3 heterocycles.